The van der Waals surface area contributed by atoms with E-state index in [-0.39, 0.29) is 32.2 Å². The van der Waals surface area contributed by atoms with Gasteiger partial charge in [0.1, 0.15) is 13.2 Å². The number of unbranched alkanes of at least 4 members (excludes halogenated alkanes) is 40. The molecule has 0 aliphatic heterocycles. The number of aliphatic carboxylic acids is 1. The standard InChI is InChI=1S/C58H113NO8/c1-6-8-10-12-14-16-18-20-22-23-24-25-26-27-28-29-30-31-32-33-34-35-37-39-41-43-45-47-49-56(61)67-54(53-66-58(57(62)63)64-51-50-59(3,4)5)52-65-55(60)48-46-44-42-40-38-36-21-19-17-15-13-11-9-7-2/h54,58H,6-53H2,1-5H3. The minimum Gasteiger partial charge on any atom is -0.545 e. The number of carbonyl (C=O) groups excluding carboxylic acids is 3. The SMILES string of the molecule is CCCCCCCCCCCCCCCCCCCCCCCCCCCCCCC(=O)OC(COC(=O)CCCCCCCCCCCCCCCC)COC(OCC[N+](C)(C)C)C(=O)[O-]. The Kier molecular flexibility index (Phi) is 49.4. The smallest absolute Gasteiger partial charge is 0.306 e. The molecule has 9 nitrogen and oxygen atoms in total. The Morgan fingerprint density at radius 2 is 0.672 bits per heavy atom. The molecule has 0 radical (unpaired) electrons. The summed E-state index contributed by atoms with van der Waals surface area (Å²) in [7, 11) is 5.93. The maximum absolute atomic E-state index is 12.8. The summed E-state index contributed by atoms with van der Waals surface area (Å²) < 4.78 is 22.7. The van der Waals surface area contributed by atoms with Crippen molar-refractivity contribution in [3.63, 3.8) is 0 Å². The summed E-state index contributed by atoms with van der Waals surface area (Å²) in [6.45, 7) is 4.81. The van der Waals surface area contributed by atoms with Crippen LogP contribution in [0.2, 0.25) is 0 Å². The minimum absolute atomic E-state index is 0.153. The zero-order valence-corrected chi connectivity index (χ0v) is 45.3. The van der Waals surface area contributed by atoms with Gasteiger partial charge >= 0.3 is 11.9 Å². The van der Waals surface area contributed by atoms with Crippen LogP contribution in [0.4, 0.5) is 0 Å². The number of hydrogen-bond donors (Lipinski definition) is 0. The van der Waals surface area contributed by atoms with Crippen molar-refractivity contribution in [2.45, 2.75) is 309 Å². The van der Waals surface area contributed by atoms with Gasteiger partial charge in [0.15, 0.2) is 12.4 Å². The van der Waals surface area contributed by atoms with E-state index in [0.717, 1.165) is 38.5 Å². The Morgan fingerprint density at radius 3 is 0.955 bits per heavy atom. The number of hydrogen-bond acceptors (Lipinski definition) is 8. The van der Waals surface area contributed by atoms with Crippen molar-refractivity contribution in [3.8, 4) is 0 Å². The first-order valence-corrected chi connectivity index (χ1v) is 29.2. The summed E-state index contributed by atoms with van der Waals surface area (Å²) in [4.78, 5) is 37.2. The van der Waals surface area contributed by atoms with Crippen LogP contribution in [0.25, 0.3) is 0 Å². The highest BCUT2D eigenvalue weighted by Crippen LogP contribution is 2.18. The first-order valence-electron chi connectivity index (χ1n) is 29.2. The molecular formula is C58H113NO8. The zero-order chi connectivity index (χ0) is 49.2. The van der Waals surface area contributed by atoms with E-state index in [1.54, 1.807) is 0 Å². The second-order valence-corrected chi connectivity index (χ2v) is 21.3. The molecule has 0 N–H and O–H groups in total. The highest BCUT2D eigenvalue weighted by Gasteiger charge is 2.22. The molecule has 0 aromatic rings. The second kappa shape index (κ2) is 50.7. The van der Waals surface area contributed by atoms with Gasteiger partial charge in [-0.2, -0.15) is 0 Å². The van der Waals surface area contributed by atoms with Gasteiger partial charge in [-0.05, 0) is 12.8 Å². The second-order valence-electron chi connectivity index (χ2n) is 21.3. The van der Waals surface area contributed by atoms with Gasteiger partial charge in [0.25, 0.3) is 0 Å². The van der Waals surface area contributed by atoms with Gasteiger partial charge in [0.2, 0.25) is 0 Å². The molecule has 67 heavy (non-hydrogen) atoms. The molecule has 0 spiro atoms. The highest BCUT2D eigenvalue weighted by atomic mass is 16.7. The molecule has 0 amide bonds. The van der Waals surface area contributed by atoms with Crippen LogP contribution in [-0.4, -0.2) is 82.3 Å². The normalized spacial score (nSPS) is 12.7. The molecule has 0 rings (SSSR count). The monoisotopic (exact) mass is 952 g/mol. The Bertz CT molecular complexity index is 1060. The fraction of sp³-hybridized carbons (Fsp3) is 0.948. The van der Waals surface area contributed by atoms with Crippen LogP contribution in [0, 0.1) is 0 Å². The molecule has 0 bridgehead atoms. The fourth-order valence-corrected chi connectivity index (χ4v) is 8.83. The maximum atomic E-state index is 12.8. The van der Waals surface area contributed by atoms with Crippen molar-refractivity contribution >= 4 is 17.9 Å². The molecule has 0 heterocycles. The lowest BCUT2D eigenvalue weighted by Crippen LogP contribution is -2.44. The van der Waals surface area contributed by atoms with Crippen molar-refractivity contribution in [1.29, 1.82) is 0 Å². The van der Waals surface area contributed by atoms with Gasteiger partial charge in [-0.25, -0.2) is 0 Å². The van der Waals surface area contributed by atoms with E-state index in [1.165, 1.54) is 231 Å². The minimum atomic E-state index is -1.61. The summed E-state index contributed by atoms with van der Waals surface area (Å²) in [6.07, 6.45) is 53.0. The lowest BCUT2D eigenvalue weighted by Gasteiger charge is -2.26. The summed E-state index contributed by atoms with van der Waals surface area (Å²) in [5, 5.41) is 11.7. The molecule has 0 aromatic carbocycles. The Morgan fingerprint density at radius 1 is 0.388 bits per heavy atom. The fourth-order valence-electron chi connectivity index (χ4n) is 8.83. The lowest BCUT2D eigenvalue weighted by molar-refractivity contribution is -0.870. The number of ether oxygens (including phenoxy) is 4. The molecule has 0 aliphatic rings. The number of quaternary nitrogens is 1. The lowest BCUT2D eigenvalue weighted by atomic mass is 10.0. The number of esters is 2. The van der Waals surface area contributed by atoms with Gasteiger partial charge in [-0.15, -0.1) is 0 Å². The Hall–Kier alpha value is -1.71. The van der Waals surface area contributed by atoms with Crippen molar-refractivity contribution in [2.75, 3.05) is 47.5 Å². The molecule has 9 heteroatoms. The molecule has 0 aromatic heterocycles. The van der Waals surface area contributed by atoms with E-state index < -0.39 is 24.3 Å². The van der Waals surface area contributed by atoms with Crippen LogP contribution in [0.3, 0.4) is 0 Å². The highest BCUT2D eigenvalue weighted by molar-refractivity contribution is 5.70. The van der Waals surface area contributed by atoms with E-state index in [1.807, 2.05) is 21.1 Å². The average Bonchev–Trinajstić information content (AvgIpc) is 3.29. The number of carbonyl (C=O) groups is 3. The molecule has 2 atom stereocenters. The first kappa shape index (κ1) is 65.3. The molecule has 0 fully saturated rings. The molecule has 398 valence electrons. The topological polar surface area (TPSA) is 111 Å². The molecular weight excluding hydrogens is 839 g/mol. The van der Waals surface area contributed by atoms with Crippen molar-refractivity contribution < 1.29 is 42.9 Å². The summed E-state index contributed by atoms with van der Waals surface area (Å²) in [5.41, 5.74) is 0. The third-order valence-corrected chi connectivity index (χ3v) is 13.4. The summed E-state index contributed by atoms with van der Waals surface area (Å²) >= 11 is 0. The van der Waals surface area contributed by atoms with E-state index in [9.17, 15) is 19.5 Å². The Balaban J connectivity index is 4.10. The van der Waals surface area contributed by atoms with Crippen LogP contribution in [0.5, 0.6) is 0 Å². The van der Waals surface area contributed by atoms with Crippen molar-refractivity contribution in [2.24, 2.45) is 0 Å². The van der Waals surface area contributed by atoms with Crippen LogP contribution >= 0.6 is 0 Å². The van der Waals surface area contributed by atoms with Crippen molar-refractivity contribution in [3.05, 3.63) is 0 Å². The van der Waals surface area contributed by atoms with Crippen LogP contribution in [0.15, 0.2) is 0 Å². The predicted molar refractivity (Wildman–Crippen MR) is 279 cm³/mol. The molecule has 2 unspecified atom stereocenters. The van der Waals surface area contributed by atoms with Gasteiger partial charge in [0.05, 0.1) is 40.3 Å². The van der Waals surface area contributed by atoms with Crippen LogP contribution in [-0.2, 0) is 33.3 Å². The number of carboxylic acid groups (broad SMARTS) is 1. The summed E-state index contributed by atoms with van der Waals surface area (Å²) in [6, 6.07) is 0. The number of rotatable bonds is 55. The third-order valence-electron chi connectivity index (χ3n) is 13.4. The zero-order valence-electron chi connectivity index (χ0n) is 45.3. The van der Waals surface area contributed by atoms with E-state index in [4.69, 9.17) is 18.9 Å². The number of carboxylic acids is 1. The largest absolute Gasteiger partial charge is 0.545 e. The average molecular weight is 953 g/mol. The predicted octanol–water partition coefficient (Wildman–Crippen LogP) is 15.5. The van der Waals surface area contributed by atoms with Crippen LogP contribution < -0.4 is 5.11 Å². The quantitative estimate of drug-likeness (QED) is 0.0256. The van der Waals surface area contributed by atoms with E-state index in [0.29, 0.717) is 17.4 Å². The van der Waals surface area contributed by atoms with Gasteiger partial charge < -0.3 is 33.3 Å². The molecule has 0 saturated carbocycles. The van der Waals surface area contributed by atoms with Gasteiger partial charge in [0, 0.05) is 12.8 Å². The first-order chi connectivity index (χ1) is 32.6. The van der Waals surface area contributed by atoms with E-state index >= 15 is 0 Å². The maximum Gasteiger partial charge on any atom is 0.306 e. The molecule has 0 saturated heterocycles. The molecule has 0 aliphatic carbocycles. The Labute approximate surface area is 415 Å². The van der Waals surface area contributed by atoms with Gasteiger partial charge in [-0.3, -0.25) is 9.59 Å². The van der Waals surface area contributed by atoms with Gasteiger partial charge in [-0.1, -0.05) is 271 Å². The summed E-state index contributed by atoms with van der Waals surface area (Å²) in [5.74, 6) is -2.25. The van der Waals surface area contributed by atoms with Crippen molar-refractivity contribution in [1.82, 2.24) is 0 Å². The number of nitrogens with zero attached hydrogens (tertiary/aromatic N) is 1. The number of likely N-dealkylation sites (N-methyl/N-ethyl adjacent to an activating group) is 1. The van der Waals surface area contributed by atoms with E-state index in [2.05, 4.69) is 13.8 Å². The third kappa shape index (κ3) is 52.0. The van der Waals surface area contributed by atoms with Crippen LogP contribution in [0.1, 0.15) is 296 Å².